The van der Waals surface area contributed by atoms with Crippen molar-refractivity contribution in [3.63, 3.8) is 0 Å². The second kappa shape index (κ2) is 7.74. The Kier molecular flexibility index (Phi) is 4.64. The summed E-state index contributed by atoms with van der Waals surface area (Å²) in [6, 6.07) is 17.3. The molecule has 2 aromatic heterocycles. The number of aromatic nitrogens is 7. The monoisotopic (exact) mass is 401 g/mol. The first-order chi connectivity index (χ1) is 14.7. The Morgan fingerprint density at radius 3 is 2.53 bits per heavy atom. The Balaban J connectivity index is 1.19. The number of rotatable bonds is 6. The lowest BCUT2D eigenvalue weighted by atomic mass is 10.2. The maximum atomic E-state index is 12.3. The average molecular weight is 401 g/mol. The molecule has 4 aromatic rings. The minimum absolute atomic E-state index is 0.378. The van der Waals surface area contributed by atoms with Crippen molar-refractivity contribution in [3.05, 3.63) is 66.4 Å². The fourth-order valence-corrected chi connectivity index (χ4v) is 3.13. The normalized spacial score (nSPS) is 13.2. The van der Waals surface area contributed by atoms with E-state index < -0.39 is 6.03 Å². The lowest BCUT2D eigenvalue weighted by molar-refractivity contribution is 0.262. The van der Waals surface area contributed by atoms with E-state index in [0.29, 0.717) is 24.1 Å². The molecule has 30 heavy (non-hydrogen) atoms. The largest absolute Gasteiger partial charge is 0.324 e. The predicted molar refractivity (Wildman–Crippen MR) is 110 cm³/mol. The molecule has 5 rings (SSSR count). The molecule has 10 heteroatoms. The zero-order valence-corrected chi connectivity index (χ0v) is 16.0. The van der Waals surface area contributed by atoms with Gasteiger partial charge in [-0.2, -0.15) is 0 Å². The molecule has 1 saturated carbocycles. The summed E-state index contributed by atoms with van der Waals surface area (Å²) in [5, 5.41) is 25.5. The van der Waals surface area contributed by atoms with Crippen LogP contribution in [0.3, 0.4) is 0 Å². The van der Waals surface area contributed by atoms with Gasteiger partial charge in [0.2, 0.25) is 0 Å². The maximum Gasteiger partial charge on any atom is 0.324 e. The first kappa shape index (κ1) is 18.0. The van der Waals surface area contributed by atoms with Crippen LogP contribution in [0, 0.1) is 0 Å². The molecule has 1 aliphatic rings. The van der Waals surface area contributed by atoms with Gasteiger partial charge in [-0.1, -0.05) is 35.5 Å². The van der Waals surface area contributed by atoms with E-state index in [-0.39, 0.29) is 0 Å². The standard InChI is InChI=1S/C20H19N9O/c30-20(22-18-13-28(26-23-18)12-14-4-2-1-3-5-14)21-16-8-6-15(7-9-16)19-24-25-27-29(19)17-10-11-17/h1-9,13,17H,10-12H2,(H2,21,22,30). The molecule has 0 saturated heterocycles. The highest BCUT2D eigenvalue weighted by Crippen LogP contribution is 2.36. The van der Waals surface area contributed by atoms with E-state index in [1.165, 1.54) is 0 Å². The summed E-state index contributed by atoms with van der Waals surface area (Å²) in [7, 11) is 0. The van der Waals surface area contributed by atoms with Crippen LogP contribution in [0.25, 0.3) is 11.4 Å². The van der Waals surface area contributed by atoms with Gasteiger partial charge in [-0.15, -0.1) is 10.2 Å². The second-order valence-electron chi connectivity index (χ2n) is 7.12. The molecular formula is C20H19N9O. The van der Waals surface area contributed by atoms with Crippen molar-refractivity contribution in [2.75, 3.05) is 10.6 Å². The summed E-state index contributed by atoms with van der Waals surface area (Å²) >= 11 is 0. The number of carbonyl (C=O) groups excluding carboxylic acids is 1. The number of anilines is 2. The van der Waals surface area contributed by atoms with Gasteiger partial charge in [-0.05, 0) is 53.1 Å². The van der Waals surface area contributed by atoms with Gasteiger partial charge in [0.15, 0.2) is 11.6 Å². The minimum atomic E-state index is -0.391. The highest BCUT2D eigenvalue weighted by atomic mass is 16.2. The van der Waals surface area contributed by atoms with Crippen LogP contribution >= 0.6 is 0 Å². The van der Waals surface area contributed by atoms with Gasteiger partial charge in [0.05, 0.1) is 18.8 Å². The van der Waals surface area contributed by atoms with E-state index in [9.17, 15) is 4.79 Å². The predicted octanol–water partition coefficient (Wildman–Crippen LogP) is 2.96. The SMILES string of the molecule is O=C(Nc1ccc(-c2nnnn2C2CC2)cc1)Nc1cn(Cc2ccccc2)nn1. The molecule has 0 bridgehead atoms. The topological polar surface area (TPSA) is 115 Å². The Hall–Kier alpha value is -4.08. The Bertz CT molecular complexity index is 1150. The fourth-order valence-electron chi connectivity index (χ4n) is 3.13. The van der Waals surface area contributed by atoms with E-state index in [2.05, 4.69) is 36.5 Å². The molecule has 1 fully saturated rings. The zero-order valence-electron chi connectivity index (χ0n) is 16.0. The first-order valence-corrected chi connectivity index (χ1v) is 9.65. The van der Waals surface area contributed by atoms with Crippen LogP contribution in [0.1, 0.15) is 24.4 Å². The fraction of sp³-hybridized carbons (Fsp3) is 0.200. The molecule has 0 radical (unpaired) electrons. The van der Waals surface area contributed by atoms with Crippen molar-refractivity contribution in [3.8, 4) is 11.4 Å². The van der Waals surface area contributed by atoms with Gasteiger partial charge in [0.25, 0.3) is 0 Å². The molecule has 2 N–H and O–H groups in total. The molecule has 0 unspecified atom stereocenters. The van der Waals surface area contributed by atoms with Crippen LogP contribution in [0.4, 0.5) is 16.3 Å². The summed E-state index contributed by atoms with van der Waals surface area (Å²) in [5.41, 5.74) is 2.66. The van der Waals surface area contributed by atoms with E-state index in [4.69, 9.17) is 0 Å². The number of hydrogen-bond donors (Lipinski definition) is 2. The van der Waals surface area contributed by atoms with Crippen molar-refractivity contribution in [1.82, 2.24) is 35.2 Å². The van der Waals surface area contributed by atoms with Gasteiger partial charge in [-0.25, -0.2) is 14.2 Å². The van der Waals surface area contributed by atoms with Crippen molar-refractivity contribution < 1.29 is 4.79 Å². The quantitative estimate of drug-likeness (QED) is 0.513. The summed E-state index contributed by atoms with van der Waals surface area (Å²) in [6.07, 6.45) is 3.90. The highest BCUT2D eigenvalue weighted by Gasteiger charge is 2.28. The van der Waals surface area contributed by atoms with Crippen molar-refractivity contribution >= 4 is 17.5 Å². The second-order valence-corrected chi connectivity index (χ2v) is 7.12. The summed E-state index contributed by atoms with van der Waals surface area (Å²) in [6.45, 7) is 0.582. The number of carbonyl (C=O) groups is 1. The van der Waals surface area contributed by atoms with E-state index in [1.807, 2.05) is 59.3 Å². The van der Waals surface area contributed by atoms with Crippen molar-refractivity contribution in [2.45, 2.75) is 25.4 Å². The van der Waals surface area contributed by atoms with Gasteiger partial charge in [0, 0.05) is 11.3 Å². The maximum absolute atomic E-state index is 12.3. The van der Waals surface area contributed by atoms with E-state index in [1.54, 1.807) is 10.9 Å². The Morgan fingerprint density at radius 2 is 1.77 bits per heavy atom. The first-order valence-electron chi connectivity index (χ1n) is 9.65. The number of amides is 2. The third kappa shape index (κ3) is 4.02. The van der Waals surface area contributed by atoms with Crippen LogP contribution in [0.5, 0.6) is 0 Å². The Morgan fingerprint density at radius 1 is 0.967 bits per heavy atom. The molecule has 0 aliphatic heterocycles. The number of urea groups is 1. The highest BCUT2D eigenvalue weighted by molar-refractivity contribution is 5.99. The summed E-state index contributed by atoms with van der Waals surface area (Å²) in [5.74, 6) is 1.12. The van der Waals surface area contributed by atoms with Gasteiger partial charge in [0.1, 0.15) is 0 Å². The molecule has 2 amide bonds. The van der Waals surface area contributed by atoms with Crippen molar-refractivity contribution in [2.24, 2.45) is 0 Å². The molecular weight excluding hydrogens is 382 g/mol. The molecule has 0 atom stereocenters. The van der Waals surface area contributed by atoms with Crippen LogP contribution in [0.15, 0.2) is 60.8 Å². The summed E-state index contributed by atoms with van der Waals surface area (Å²) in [4.78, 5) is 12.3. The third-order valence-corrected chi connectivity index (χ3v) is 4.75. The molecule has 10 nitrogen and oxygen atoms in total. The van der Waals surface area contributed by atoms with Gasteiger partial charge >= 0.3 is 6.03 Å². The number of nitrogens with zero attached hydrogens (tertiary/aromatic N) is 7. The molecule has 0 spiro atoms. The van der Waals surface area contributed by atoms with Gasteiger partial charge < -0.3 is 5.32 Å². The number of nitrogens with one attached hydrogen (secondary N) is 2. The molecule has 2 heterocycles. The minimum Gasteiger partial charge on any atom is -0.308 e. The molecule has 150 valence electrons. The number of hydrogen-bond acceptors (Lipinski definition) is 6. The lowest BCUT2D eigenvalue weighted by Gasteiger charge is -2.07. The lowest BCUT2D eigenvalue weighted by Crippen LogP contribution is -2.19. The van der Waals surface area contributed by atoms with E-state index >= 15 is 0 Å². The molecule has 2 aromatic carbocycles. The molecule has 1 aliphatic carbocycles. The van der Waals surface area contributed by atoms with Gasteiger partial charge in [-0.3, -0.25) is 5.32 Å². The van der Waals surface area contributed by atoms with E-state index in [0.717, 1.165) is 29.8 Å². The number of tetrazole rings is 1. The summed E-state index contributed by atoms with van der Waals surface area (Å²) < 4.78 is 3.53. The third-order valence-electron chi connectivity index (χ3n) is 4.75. The van der Waals surface area contributed by atoms with Crippen molar-refractivity contribution in [1.29, 1.82) is 0 Å². The van der Waals surface area contributed by atoms with Crippen LogP contribution < -0.4 is 10.6 Å². The average Bonchev–Trinajstić information content (AvgIpc) is 3.32. The van der Waals surface area contributed by atoms with Crippen LogP contribution in [-0.2, 0) is 6.54 Å². The van der Waals surface area contributed by atoms with Crippen LogP contribution in [-0.4, -0.2) is 41.2 Å². The zero-order chi connectivity index (χ0) is 20.3. The van der Waals surface area contributed by atoms with Crippen LogP contribution in [0.2, 0.25) is 0 Å². The smallest absolute Gasteiger partial charge is 0.308 e. The Labute approximate surface area is 171 Å². The number of benzene rings is 2.